The van der Waals surface area contributed by atoms with Crippen molar-refractivity contribution in [3.63, 3.8) is 0 Å². The number of nitrogens with one attached hydrogen (secondary N) is 1. The van der Waals surface area contributed by atoms with Gasteiger partial charge in [0, 0.05) is 28.5 Å². The molecule has 4 nitrogen and oxygen atoms in total. The Morgan fingerprint density at radius 2 is 2.10 bits per heavy atom. The molecule has 0 saturated heterocycles. The minimum Gasteiger partial charge on any atom is -0.486 e. The summed E-state index contributed by atoms with van der Waals surface area (Å²) in [6, 6.07) is 9.51. The molecule has 1 aromatic carbocycles. The van der Waals surface area contributed by atoms with E-state index in [1.165, 1.54) is 28.7 Å². The highest BCUT2D eigenvalue weighted by atomic mass is 35.5. The van der Waals surface area contributed by atoms with Gasteiger partial charge in [0.15, 0.2) is 5.78 Å². The Morgan fingerprint density at radius 1 is 1.27 bits per heavy atom. The van der Waals surface area contributed by atoms with Crippen molar-refractivity contribution in [3.05, 3.63) is 67.2 Å². The highest BCUT2D eigenvalue weighted by Gasteiger charge is 2.26. The van der Waals surface area contributed by atoms with Gasteiger partial charge >= 0.3 is 0 Å². The van der Waals surface area contributed by atoms with Gasteiger partial charge in [-0.2, -0.15) is 0 Å². The second-order valence-electron chi connectivity index (χ2n) is 6.84. The molecule has 0 fully saturated rings. The summed E-state index contributed by atoms with van der Waals surface area (Å²) in [4.78, 5) is 25.4. The molecule has 0 bridgehead atoms. The van der Waals surface area contributed by atoms with E-state index in [9.17, 15) is 9.59 Å². The third-order valence-corrected chi connectivity index (χ3v) is 7.37. The Morgan fingerprint density at radius 3 is 2.80 bits per heavy atom. The third kappa shape index (κ3) is 4.62. The smallest absolute Gasteiger partial charge is 0.244 e. The third-order valence-electron chi connectivity index (χ3n) is 4.65. The fourth-order valence-electron chi connectivity index (χ4n) is 3.19. The molecule has 30 heavy (non-hydrogen) atoms. The first-order valence-corrected chi connectivity index (χ1v) is 11.6. The van der Waals surface area contributed by atoms with Crippen LogP contribution in [0.15, 0.2) is 41.8 Å². The largest absolute Gasteiger partial charge is 0.486 e. The van der Waals surface area contributed by atoms with Gasteiger partial charge in [-0.25, -0.2) is 0 Å². The van der Waals surface area contributed by atoms with Crippen LogP contribution in [0.2, 0.25) is 9.36 Å². The molecule has 3 aromatic rings. The number of rotatable bonds is 6. The number of thiophene rings is 2. The van der Waals surface area contributed by atoms with Gasteiger partial charge in [0.2, 0.25) is 5.91 Å². The predicted octanol–water partition coefficient (Wildman–Crippen LogP) is 6.12. The van der Waals surface area contributed by atoms with E-state index in [1.54, 1.807) is 13.0 Å². The molecule has 0 radical (unpaired) electrons. The highest BCUT2D eigenvalue weighted by Crippen LogP contribution is 2.41. The Hall–Kier alpha value is -2.12. The quantitative estimate of drug-likeness (QED) is 0.343. The van der Waals surface area contributed by atoms with Gasteiger partial charge in [-0.3, -0.25) is 9.59 Å². The molecule has 1 unspecified atom stereocenters. The standard InChI is InChI=1S/C22H17Cl2NO3S2/c1-12(26)18-3-4-19(30-18)14-8-15-9-16(28-21(15)17(23)10-14)11-25-20(27)5-2-13-6-7-29-22(13)24/h2-8,10,16H,9,11H2,1H3,(H,25,27)/b5-2+. The lowest BCUT2D eigenvalue weighted by Gasteiger charge is -2.11. The minimum absolute atomic E-state index is 0.0490. The molecule has 154 valence electrons. The van der Waals surface area contributed by atoms with E-state index in [0.717, 1.165) is 26.4 Å². The average Bonchev–Trinajstić information content (AvgIpc) is 3.44. The maximum absolute atomic E-state index is 12.1. The Bertz CT molecular complexity index is 1150. The molecule has 1 amide bonds. The van der Waals surface area contributed by atoms with E-state index in [4.69, 9.17) is 27.9 Å². The van der Waals surface area contributed by atoms with Crippen LogP contribution in [0.4, 0.5) is 0 Å². The van der Waals surface area contributed by atoms with Gasteiger partial charge in [-0.05, 0) is 54.3 Å². The number of amides is 1. The summed E-state index contributed by atoms with van der Waals surface area (Å²) in [7, 11) is 0. The minimum atomic E-state index is -0.209. The van der Waals surface area contributed by atoms with Gasteiger partial charge in [0.05, 0.1) is 16.4 Å². The van der Waals surface area contributed by atoms with Crippen LogP contribution >= 0.6 is 45.9 Å². The van der Waals surface area contributed by atoms with Crippen molar-refractivity contribution in [1.29, 1.82) is 0 Å². The summed E-state index contributed by atoms with van der Waals surface area (Å²) in [5.41, 5.74) is 2.78. The first kappa shape index (κ1) is 21.1. The normalized spacial score (nSPS) is 15.2. The monoisotopic (exact) mass is 477 g/mol. The Kier molecular flexibility index (Phi) is 6.29. The zero-order valence-corrected chi connectivity index (χ0v) is 19.1. The van der Waals surface area contributed by atoms with Crippen LogP contribution in [0.25, 0.3) is 16.5 Å². The maximum atomic E-state index is 12.1. The van der Waals surface area contributed by atoms with Crippen LogP contribution in [0.1, 0.15) is 27.7 Å². The molecule has 1 aliphatic heterocycles. The van der Waals surface area contributed by atoms with Gasteiger partial charge in [0.25, 0.3) is 0 Å². The second kappa shape index (κ2) is 8.94. The number of Topliss-reactive ketones (excluding diaryl/α,β-unsaturated/α-hetero) is 1. The van der Waals surface area contributed by atoms with Crippen LogP contribution in [-0.2, 0) is 11.2 Å². The van der Waals surface area contributed by atoms with E-state index in [0.29, 0.717) is 28.1 Å². The van der Waals surface area contributed by atoms with E-state index in [1.807, 2.05) is 35.7 Å². The average molecular weight is 478 g/mol. The zero-order valence-electron chi connectivity index (χ0n) is 15.9. The lowest BCUT2D eigenvalue weighted by atomic mass is 10.1. The summed E-state index contributed by atoms with van der Waals surface area (Å²) >= 11 is 15.3. The van der Waals surface area contributed by atoms with Crippen LogP contribution in [0.3, 0.4) is 0 Å². The predicted molar refractivity (Wildman–Crippen MR) is 124 cm³/mol. The number of hydrogen-bond donors (Lipinski definition) is 1. The summed E-state index contributed by atoms with van der Waals surface area (Å²) < 4.78 is 6.60. The molecule has 0 spiro atoms. The van der Waals surface area contributed by atoms with Gasteiger partial charge in [0.1, 0.15) is 16.2 Å². The molecule has 3 heterocycles. The fourth-order valence-corrected chi connectivity index (χ4v) is 5.25. The van der Waals surface area contributed by atoms with E-state index in [2.05, 4.69) is 5.32 Å². The van der Waals surface area contributed by atoms with E-state index >= 15 is 0 Å². The summed E-state index contributed by atoms with van der Waals surface area (Å²) in [6.07, 6.45) is 3.61. The van der Waals surface area contributed by atoms with Crippen molar-refractivity contribution in [3.8, 4) is 16.2 Å². The Balaban J connectivity index is 1.40. The van der Waals surface area contributed by atoms with Crippen molar-refractivity contribution in [1.82, 2.24) is 5.32 Å². The number of ketones is 1. The number of fused-ring (bicyclic) bond motifs is 1. The number of carbonyl (C=O) groups excluding carboxylic acids is 2. The summed E-state index contributed by atoms with van der Waals surface area (Å²) in [5.74, 6) is 0.496. The van der Waals surface area contributed by atoms with Crippen molar-refractivity contribution >= 4 is 63.6 Å². The number of hydrogen-bond acceptors (Lipinski definition) is 5. The molecule has 4 rings (SSSR count). The lowest BCUT2D eigenvalue weighted by Crippen LogP contribution is -2.33. The SMILES string of the molecule is CC(=O)c1ccc(-c2cc(Cl)c3c(c2)CC(CNC(=O)/C=C/c2ccsc2Cl)O3)s1. The fraction of sp³-hybridized carbons (Fsp3) is 0.182. The van der Waals surface area contributed by atoms with Crippen LogP contribution < -0.4 is 10.1 Å². The lowest BCUT2D eigenvalue weighted by molar-refractivity contribution is -0.116. The summed E-state index contributed by atoms with van der Waals surface area (Å²) in [5, 5.41) is 5.26. The molecular formula is C22H17Cl2NO3S2. The number of carbonyl (C=O) groups is 2. The molecule has 1 atom stereocenters. The zero-order chi connectivity index (χ0) is 21.3. The first-order chi connectivity index (χ1) is 14.4. The van der Waals surface area contributed by atoms with Gasteiger partial charge in [-0.15, -0.1) is 22.7 Å². The van der Waals surface area contributed by atoms with Crippen molar-refractivity contribution < 1.29 is 14.3 Å². The van der Waals surface area contributed by atoms with Crippen LogP contribution in [-0.4, -0.2) is 24.3 Å². The molecule has 0 aliphatic carbocycles. The molecule has 1 aliphatic rings. The highest BCUT2D eigenvalue weighted by molar-refractivity contribution is 7.17. The van der Waals surface area contributed by atoms with Gasteiger partial charge in [-0.1, -0.05) is 23.2 Å². The molecule has 2 aromatic heterocycles. The topological polar surface area (TPSA) is 55.4 Å². The van der Waals surface area contributed by atoms with E-state index in [-0.39, 0.29) is 17.8 Å². The van der Waals surface area contributed by atoms with Crippen molar-refractivity contribution in [2.75, 3.05) is 6.54 Å². The number of ether oxygens (including phenoxy) is 1. The van der Waals surface area contributed by atoms with Gasteiger partial charge < -0.3 is 10.1 Å². The Labute approximate surface area is 192 Å². The second-order valence-corrected chi connectivity index (χ2v) is 9.85. The maximum Gasteiger partial charge on any atom is 0.244 e. The number of benzene rings is 1. The van der Waals surface area contributed by atoms with Crippen molar-refractivity contribution in [2.24, 2.45) is 0 Å². The molecule has 1 N–H and O–H groups in total. The summed E-state index contributed by atoms with van der Waals surface area (Å²) in [6.45, 7) is 1.93. The molecule has 0 saturated carbocycles. The van der Waals surface area contributed by atoms with Crippen LogP contribution in [0.5, 0.6) is 5.75 Å². The molecular weight excluding hydrogens is 461 g/mol. The molecule has 8 heteroatoms. The first-order valence-electron chi connectivity index (χ1n) is 9.20. The van der Waals surface area contributed by atoms with E-state index < -0.39 is 0 Å². The van der Waals surface area contributed by atoms with Crippen molar-refractivity contribution in [2.45, 2.75) is 19.4 Å². The number of halogens is 2. The van der Waals surface area contributed by atoms with Crippen LogP contribution in [0, 0.1) is 0 Å².